The van der Waals surface area contributed by atoms with Crippen LogP contribution in [-0.4, -0.2) is 24.2 Å². The maximum Gasteiger partial charge on any atom is 0.153 e. The molecule has 3 N–H and O–H groups in total. The van der Waals surface area contributed by atoms with Crippen LogP contribution >= 0.6 is 0 Å². The van der Waals surface area contributed by atoms with Gasteiger partial charge in [-0.25, -0.2) is 0 Å². The van der Waals surface area contributed by atoms with E-state index < -0.39 is 0 Å². The van der Waals surface area contributed by atoms with E-state index in [4.69, 9.17) is 5.73 Å². The molecule has 0 atom stereocenters. The van der Waals surface area contributed by atoms with Gasteiger partial charge >= 0.3 is 0 Å². The fraction of sp³-hybridized carbons (Fsp3) is 0.167. The molecule has 0 saturated heterocycles. The highest BCUT2D eigenvalue weighted by molar-refractivity contribution is 5.99. The first kappa shape index (κ1) is 12.0. The quantitative estimate of drug-likeness (QED) is 0.597. The molecule has 84 valence electrons. The zero-order valence-electron chi connectivity index (χ0n) is 9.27. The third-order valence-electron chi connectivity index (χ3n) is 2.22. The minimum atomic E-state index is -0.102. The number of benzene rings is 1. The Morgan fingerprint density at radius 3 is 2.75 bits per heavy atom. The summed E-state index contributed by atoms with van der Waals surface area (Å²) >= 11 is 0. The van der Waals surface area contributed by atoms with Crippen molar-refractivity contribution in [2.24, 2.45) is 10.7 Å². The van der Waals surface area contributed by atoms with Crippen LogP contribution < -0.4 is 5.73 Å². The monoisotopic (exact) mass is 218 g/mol. The first-order valence-corrected chi connectivity index (χ1v) is 4.78. The van der Waals surface area contributed by atoms with Gasteiger partial charge in [-0.15, -0.1) is 0 Å². The second-order valence-corrected chi connectivity index (χ2v) is 3.33. The summed E-state index contributed by atoms with van der Waals surface area (Å²) in [6, 6.07) is 4.84. The summed E-state index contributed by atoms with van der Waals surface area (Å²) in [5.41, 5.74) is 7.58. The molecule has 1 aromatic rings. The van der Waals surface area contributed by atoms with Gasteiger partial charge in [0.05, 0.1) is 5.56 Å². The maximum atomic E-state index is 10.6. The van der Waals surface area contributed by atoms with Crippen LogP contribution in [0.3, 0.4) is 0 Å². The Balaban J connectivity index is 3.24. The number of hydrogen-bond donors (Lipinski definition) is 2. The number of phenolic OH excluding ortho intramolecular Hbond substituents is 1. The zero-order chi connectivity index (χ0) is 12.1. The van der Waals surface area contributed by atoms with Crippen molar-refractivity contribution in [1.82, 2.24) is 0 Å². The molecule has 0 spiro atoms. The van der Waals surface area contributed by atoms with Crippen molar-refractivity contribution in [3.8, 4) is 5.75 Å². The molecule has 0 aliphatic rings. The Labute approximate surface area is 94.1 Å². The second-order valence-electron chi connectivity index (χ2n) is 3.33. The number of nitrogens with two attached hydrogens (primary N) is 1. The van der Waals surface area contributed by atoms with Crippen molar-refractivity contribution in [2.75, 3.05) is 7.05 Å². The summed E-state index contributed by atoms with van der Waals surface area (Å²) in [6.45, 7) is 1.80. The lowest BCUT2D eigenvalue weighted by Gasteiger charge is -2.06. The third-order valence-corrected chi connectivity index (χ3v) is 2.22. The molecule has 0 aliphatic heterocycles. The number of carbonyl (C=O) groups excluding carboxylic acids is 1. The minimum absolute atomic E-state index is 0.102. The van der Waals surface area contributed by atoms with Crippen LogP contribution in [-0.2, 0) is 0 Å². The van der Waals surface area contributed by atoms with Crippen molar-refractivity contribution < 1.29 is 9.90 Å². The average molecular weight is 218 g/mol. The number of rotatable bonds is 3. The van der Waals surface area contributed by atoms with Gasteiger partial charge in [0.1, 0.15) is 5.75 Å². The number of carbonyl (C=O) groups is 1. The van der Waals surface area contributed by atoms with E-state index in [1.165, 1.54) is 6.07 Å². The van der Waals surface area contributed by atoms with Crippen LogP contribution in [0.4, 0.5) is 0 Å². The molecule has 0 saturated carbocycles. The van der Waals surface area contributed by atoms with Gasteiger partial charge in [-0.05, 0) is 25.1 Å². The van der Waals surface area contributed by atoms with Gasteiger partial charge in [0.15, 0.2) is 6.29 Å². The predicted octanol–water partition coefficient (Wildman–Crippen LogP) is 1.59. The molecule has 1 aromatic carbocycles. The third kappa shape index (κ3) is 2.48. The summed E-state index contributed by atoms with van der Waals surface area (Å²) < 4.78 is 0. The number of aliphatic imine (C=N–C) groups is 1. The fourth-order valence-corrected chi connectivity index (χ4v) is 1.26. The summed E-state index contributed by atoms with van der Waals surface area (Å²) in [4.78, 5) is 14.6. The fourth-order valence-electron chi connectivity index (χ4n) is 1.26. The van der Waals surface area contributed by atoms with E-state index in [1.807, 2.05) is 0 Å². The minimum Gasteiger partial charge on any atom is -0.506 e. The SMILES string of the molecule is CN=C(C)/C=C(\N)c1cccc(C=O)c1O. The van der Waals surface area contributed by atoms with Crippen molar-refractivity contribution in [1.29, 1.82) is 0 Å². The van der Waals surface area contributed by atoms with Crippen LogP contribution in [0.5, 0.6) is 5.75 Å². The van der Waals surface area contributed by atoms with E-state index in [0.717, 1.165) is 5.71 Å². The maximum absolute atomic E-state index is 10.6. The average Bonchev–Trinajstić information content (AvgIpc) is 2.29. The Bertz CT molecular complexity index is 462. The van der Waals surface area contributed by atoms with Gasteiger partial charge in [-0.3, -0.25) is 9.79 Å². The van der Waals surface area contributed by atoms with E-state index in [9.17, 15) is 9.90 Å². The molecule has 0 unspecified atom stereocenters. The van der Waals surface area contributed by atoms with Crippen LogP contribution in [0, 0.1) is 0 Å². The van der Waals surface area contributed by atoms with Crippen LogP contribution in [0.2, 0.25) is 0 Å². The van der Waals surface area contributed by atoms with Crippen molar-refractivity contribution in [2.45, 2.75) is 6.92 Å². The summed E-state index contributed by atoms with van der Waals surface area (Å²) in [5, 5.41) is 9.75. The molecular formula is C12H14N2O2. The molecular weight excluding hydrogens is 204 g/mol. The standard InChI is InChI=1S/C12H14N2O2/c1-8(14-2)6-11(13)10-5-3-4-9(7-15)12(10)16/h3-7,16H,13H2,1-2H3/b11-6-,14-8?. The van der Waals surface area contributed by atoms with E-state index >= 15 is 0 Å². The topological polar surface area (TPSA) is 75.7 Å². The molecule has 1 rings (SSSR count). The molecule has 0 aromatic heterocycles. The van der Waals surface area contributed by atoms with Crippen LogP contribution in [0.25, 0.3) is 5.70 Å². The highest BCUT2D eigenvalue weighted by Crippen LogP contribution is 2.25. The first-order chi connectivity index (χ1) is 7.60. The van der Waals surface area contributed by atoms with Crippen LogP contribution in [0.15, 0.2) is 29.3 Å². The van der Waals surface area contributed by atoms with Crippen molar-refractivity contribution in [3.63, 3.8) is 0 Å². The number of nitrogens with zero attached hydrogens (tertiary/aromatic N) is 1. The number of aldehydes is 1. The van der Waals surface area contributed by atoms with Gasteiger partial charge in [0.2, 0.25) is 0 Å². The smallest absolute Gasteiger partial charge is 0.153 e. The number of hydrogen-bond acceptors (Lipinski definition) is 4. The van der Waals surface area contributed by atoms with Crippen molar-refractivity contribution >= 4 is 17.7 Å². The highest BCUT2D eigenvalue weighted by Gasteiger charge is 2.08. The summed E-state index contributed by atoms with van der Waals surface area (Å²) in [5.74, 6) is -0.102. The molecule has 0 aliphatic carbocycles. The molecule has 4 nitrogen and oxygen atoms in total. The van der Waals surface area contributed by atoms with Gasteiger partial charge in [0, 0.05) is 24.0 Å². The van der Waals surface area contributed by atoms with Crippen LogP contribution in [0.1, 0.15) is 22.8 Å². The molecule has 0 amide bonds. The normalized spacial score (nSPS) is 12.6. The van der Waals surface area contributed by atoms with Gasteiger partial charge in [-0.1, -0.05) is 6.07 Å². The second kappa shape index (κ2) is 5.11. The predicted molar refractivity (Wildman–Crippen MR) is 64.7 cm³/mol. The molecule has 0 bridgehead atoms. The largest absolute Gasteiger partial charge is 0.506 e. The number of aromatic hydroxyl groups is 1. The van der Waals surface area contributed by atoms with E-state index in [1.54, 1.807) is 32.2 Å². The Morgan fingerprint density at radius 2 is 2.19 bits per heavy atom. The lowest BCUT2D eigenvalue weighted by molar-refractivity contribution is 0.112. The Kier molecular flexibility index (Phi) is 3.83. The van der Waals surface area contributed by atoms with Gasteiger partial charge in [-0.2, -0.15) is 0 Å². The van der Waals surface area contributed by atoms with E-state index in [0.29, 0.717) is 17.5 Å². The summed E-state index contributed by atoms with van der Waals surface area (Å²) in [6.07, 6.45) is 2.23. The summed E-state index contributed by atoms with van der Waals surface area (Å²) in [7, 11) is 1.65. The Morgan fingerprint density at radius 1 is 1.50 bits per heavy atom. The van der Waals surface area contributed by atoms with Crippen molar-refractivity contribution in [3.05, 3.63) is 35.4 Å². The molecule has 16 heavy (non-hydrogen) atoms. The lowest BCUT2D eigenvalue weighted by Crippen LogP contribution is -2.01. The van der Waals surface area contributed by atoms with Gasteiger partial charge in [0.25, 0.3) is 0 Å². The zero-order valence-corrected chi connectivity index (χ0v) is 9.27. The van der Waals surface area contributed by atoms with E-state index in [2.05, 4.69) is 4.99 Å². The first-order valence-electron chi connectivity index (χ1n) is 4.78. The lowest BCUT2D eigenvalue weighted by atomic mass is 10.1. The van der Waals surface area contributed by atoms with Gasteiger partial charge < -0.3 is 10.8 Å². The molecule has 0 heterocycles. The molecule has 0 fully saturated rings. The number of para-hydroxylation sites is 1. The Hall–Kier alpha value is -2.10. The number of allylic oxidation sites excluding steroid dienone is 1. The van der Waals surface area contributed by atoms with E-state index in [-0.39, 0.29) is 11.3 Å². The number of phenols is 1. The highest BCUT2D eigenvalue weighted by atomic mass is 16.3. The molecule has 0 radical (unpaired) electrons. The molecule has 4 heteroatoms.